The summed E-state index contributed by atoms with van der Waals surface area (Å²) < 4.78 is 1.99. The van der Waals surface area contributed by atoms with Crippen molar-refractivity contribution in [1.82, 2.24) is 19.4 Å². The van der Waals surface area contributed by atoms with Gasteiger partial charge in [0.05, 0.1) is 5.39 Å². The van der Waals surface area contributed by atoms with Gasteiger partial charge in [-0.05, 0) is 42.2 Å². The summed E-state index contributed by atoms with van der Waals surface area (Å²) in [5, 5.41) is 2.51. The van der Waals surface area contributed by atoms with Crippen LogP contribution in [0, 0.1) is 0 Å². The number of hydrogen-bond acceptors (Lipinski definition) is 4. The predicted octanol–water partition coefficient (Wildman–Crippen LogP) is 3.19. The van der Waals surface area contributed by atoms with Gasteiger partial charge in [0.25, 0.3) is 5.56 Å². The lowest BCUT2D eigenvalue weighted by molar-refractivity contribution is 1.12. The van der Waals surface area contributed by atoms with E-state index in [0.717, 1.165) is 21.7 Å². The number of nitrogens with zero attached hydrogens (tertiary/aromatic N) is 3. The molecule has 0 aromatic carbocycles. The molecule has 0 spiro atoms. The van der Waals surface area contributed by atoms with Gasteiger partial charge >= 0.3 is 0 Å². The lowest BCUT2D eigenvalue weighted by atomic mass is 10.2. The topological polar surface area (TPSA) is 63.1 Å². The summed E-state index contributed by atoms with van der Waals surface area (Å²) >= 11 is 1.47. The van der Waals surface area contributed by atoms with Gasteiger partial charge in [0.2, 0.25) is 0 Å². The molecule has 0 fully saturated rings. The molecule has 0 amide bonds. The van der Waals surface area contributed by atoms with E-state index < -0.39 is 0 Å². The highest BCUT2D eigenvalue weighted by Crippen LogP contribution is 2.19. The van der Waals surface area contributed by atoms with Gasteiger partial charge in [0.15, 0.2) is 0 Å². The summed E-state index contributed by atoms with van der Waals surface area (Å²) in [5.41, 5.74) is 2.67. The lowest BCUT2D eigenvalue weighted by Gasteiger charge is -2.04. The molecule has 0 radical (unpaired) electrons. The Hall–Kier alpha value is -2.73. The molecule has 0 aliphatic heterocycles. The third-order valence-electron chi connectivity index (χ3n) is 3.53. The van der Waals surface area contributed by atoms with Crippen LogP contribution in [0.4, 0.5) is 0 Å². The molecule has 0 bridgehead atoms. The van der Waals surface area contributed by atoms with Crippen LogP contribution in [-0.4, -0.2) is 19.4 Å². The fourth-order valence-electron chi connectivity index (χ4n) is 2.43. The molecule has 0 aliphatic rings. The Morgan fingerprint density at radius 1 is 1.36 bits per heavy atom. The second-order valence-corrected chi connectivity index (χ2v) is 5.88. The van der Waals surface area contributed by atoms with E-state index >= 15 is 0 Å². The molecule has 4 aromatic heterocycles. The quantitative estimate of drug-likeness (QED) is 0.618. The minimum absolute atomic E-state index is 0.102. The van der Waals surface area contributed by atoms with Crippen molar-refractivity contribution in [2.45, 2.75) is 6.92 Å². The van der Waals surface area contributed by atoms with Gasteiger partial charge in [0.1, 0.15) is 16.3 Å². The molecule has 0 unspecified atom stereocenters. The lowest BCUT2D eigenvalue weighted by Crippen LogP contribution is -2.09. The summed E-state index contributed by atoms with van der Waals surface area (Å²) in [4.78, 5) is 24.5. The van der Waals surface area contributed by atoms with E-state index in [0.29, 0.717) is 11.2 Å². The highest BCUT2D eigenvalue weighted by molar-refractivity contribution is 7.16. The third kappa shape index (κ3) is 2.05. The van der Waals surface area contributed by atoms with E-state index in [-0.39, 0.29) is 5.56 Å². The number of rotatable bonds is 2. The zero-order chi connectivity index (χ0) is 15.1. The minimum atomic E-state index is -0.102. The number of thiophene rings is 1. The van der Waals surface area contributed by atoms with Crippen LogP contribution in [0.3, 0.4) is 0 Å². The number of imidazole rings is 1. The summed E-state index contributed by atoms with van der Waals surface area (Å²) in [6.07, 6.45) is 5.67. The van der Waals surface area contributed by atoms with Crippen molar-refractivity contribution >= 4 is 38.8 Å². The molecule has 6 heteroatoms. The van der Waals surface area contributed by atoms with Crippen molar-refractivity contribution in [3.8, 4) is 0 Å². The maximum atomic E-state index is 12.1. The van der Waals surface area contributed by atoms with Crippen molar-refractivity contribution in [3.05, 3.63) is 63.9 Å². The highest BCUT2D eigenvalue weighted by atomic mass is 32.1. The monoisotopic (exact) mass is 308 g/mol. The van der Waals surface area contributed by atoms with E-state index in [1.165, 1.54) is 11.3 Å². The second kappa shape index (κ2) is 4.92. The van der Waals surface area contributed by atoms with Crippen molar-refractivity contribution < 1.29 is 0 Å². The van der Waals surface area contributed by atoms with E-state index in [2.05, 4.69) is 15.0 Å². The Morgan fingerprint density at radius 3 is 3.18 bits per heavy atom. The van der Waals surface area contributed by atoms with Gasteiger partial charge in [-0.2, -0.15) is 0 Å². The first-order chi connectivity index (χ1) is 10.7. The van der Waals surface area contributed by atoms with Gasteiger partial charge in [-0.15, -0.1) is 11.3 Å². The number of pyridine rings is 1. The van der Waals surface area contributed by atoms with Gasteiger partial charge < -0.3 is 9.38 Å². The molecule has 5 nitrogen and oxygen atoms in total. The molecule has 4 rings (SSSR count). The van der Waals surface area contributed by atoms with Crippen LogP contribution in [0.1, 0.15) is 18.4 Å². The number of H-pyrrole nitrogens is 1. The Kier molecular flexibility index (Phi) is 2.90. The number of allylic oxidation sites excluding steroid dienone is 1. The Morgan fingerprint density at radius 2 is 2.27 bits per heavy atom. The van der Waals surface area contributed by atoms with Gasteiger partial charge in [-0.1, -0.05) is 6.07 Å². The highest BCUT2D eigenvalue weighted by Gasteiger charge is 2.07. The molecule has 4 aromatic rings. The number of hydrogen-bond donors (Lipinski definition) is 1. The van der Waals surface area contributed by atoms with Crippen LogP contribution < -0.4 is 5.56 Å². The van der Waals surface area contributed by atoms with E-state index in [1.54, 1.807) is 12.3 Å². The largest absolute Gasteiger partial charge is 0.306 e. The Labute approximate surface area is 129 Å². The van der Waals surface area contributed by atoms with Crippen LogP contribution in [0.5, 0.6) is 0 Å². The SMILES string of the molecule is C/C(=C/c1cccc2nccn12)c1nc2sccc2c(=O)[nH]1. The predicted molar refractivity (Wildman–Crippen MR) is 89.0 cm³/mol. The second-order valence-electron chi connectivity index (χ2n) is 4.99. The van der Waals surface area contributed by atoms with Crippen molar-refractivity contribution in [2.75, 3.05) is 0 Å². The smallest absolute Gasteiger partial charge is 0.259 e. The molecule has 0 aliphatic carbocycles. The van der Waals surface area contributed by atoms with Crippen LogP contribution >= 0.6 is 11.3 Å². The first-order valence-corrected chi connectivity index (χ1v) is 7.68. The molecule has 0 saturated carbocycles. The van der Waals surface area contributed by atoms with Gasteiger partial charge in [-0.25, -0.2) is 9.97 Å². The summed E-state index contributed by atoms with van der Waals surface area (Å²) in [6.45, 7) is 1.94. The maximum Gasteiger partial charge on any atom is 0.259 e. The van der Waals surface area contributed by atoms with E-state index in [1.807, 2.05) is 47.2 Å². The maximum absolute atomic E-state index is 12.1. The Bertz CT molecular complexity index is 1070. The zero-order valence-corrected chi connectivity index (χ0v) is 12.6. The number of aromatic nitrogens is 4. The van der Waals surface area contributed by atoms with Crippen molar-refractivity contribution in [2.24, 2.45) is 0 Å². The number of nitrogens with one attached hydrogen (secondary N) is 1. The minimum Gasteiger partial charge on any atom is -0.306 e. The first-order valence-electron chi connectivity index (χ1n) is 6.81. The number of fused-ring (bicyclic) bond motifs is 2. The summed E-state index contributed by atoms with van der Waals surface area (Å²) in [7, 11) is 0. The normalized spacial score (nSPS) is 12.3. The molecule has 0 saturated heterocycles. The molecular formula is C16H12N4OS. The standard InChI is InChI=1S/C16H12N4OS/c1-10(9-11-3-2-4-13-17-6-7-20(11)13)14-18-15(21)12-5-8-22-16(12)19-14/h2-9H,1H3,(H,18,19,21)/b10-9-. The van der Waals surface area contributed by atoms with Crippen LogP contribution in [0.15, 0.2) is 46.8 Å². The van der Waals surface area contributed by atoms with Crippen LogP contribution in [-0.2, 0) is 0 Å². The van der Waals surface area contributed by atoms with Crippen LogP contribution in [0.25, 0.3) is 27.5 Å². The van der Waals surface area contributed by atoms with Crippen molar-refractivity contribution in [3.63, 3.8) is 0 Å². The third-order valence-corrected chi connectivity index (χ3v) is 4.34. The summed E-state index contributed by atoms with van der Waals surface area (Å²) in [6, 6.07) is 7.70. The van der Waals surface area contributed by atoms with Gasteiger partial charge in [-0.3, -0.25) is 4.79 Å². The molecule has 4 heterocycles. The molecule has 108 valence electrons. The fourth-order valence-corrected chi connectivity index (χ4v) is 3.19. The average molecular weight is 308 g/mol. The van der Waals surface area contributed by atoms with Crippen molar-refractivity contribution in [1.29, 1.82) is 0 Å². The molecule has 22 heavy (non-hydrogen) atoms. The van der Waals surface area contributed by atoms with Gasteiger partial charge in [0, 0.05) is 18.1 Å². The molecule has 0 atom stereocenters. The first kappa shape index (κ1) is 13.0. The molecule has 1 N–H and O–H groups in total. The Balaban J connectivity index is 1.87. The summed E-state index contributed by atoms with van der Waals surface area (Å²) in [5.74, 6) is 0.595. The average Bonchev–Trinajstić information content (AvgIpc) is 3.16. The fraction of sp³-hybridized carbons (Fsp3) is 0.0625. The van der Waals surface area contributed by atoms with E-state index in [4.69, 9.17) is 0 Å². The number of aromatic amines is 1. The van der Waals surface area contributed by atoms with Crippen LogP contribution in [0.2, 0.25) is 0 Å². The molecular weight excluding hydrogens is 296 g/mol. The van der Waals surface area contributed by atoms with E-state index in [9.17, 15) is 4.79 Å². The zero-order valence-electron chi connectivity index (χ0n) is 11.8.